The first-order chi connectivity index (χ1) is 13.0. The molecule has 6 nitrogen and oxygen atoms in total. The fourth-order valence-electron chi connectivity index (χ4n) is 2.69. The van der Waals surface area contributed by atoms with Crippen molar-refractivity contribution in [1.29, 1.82) is 0 Å². The standard InChI is InChI=1S/C21H22N4O2/c1-14-8-9-18(27-3)17(12-14)22-19-10-11-20(25-24-19)23-21(26)13-16-7-5-4-6-15(16)2/h4-12H,13H2,1-3H3,(H,22,24)(H,23,25,26). The van der Waals surface area contributed by atoms with Gasteiger partial charge in [-0.3, -0.25) is 4.79 Å². The molecule has 0 atom stereocenters. The lowest BCUT2D eigenvalue weighted by atomic mass is 10.1. The number of carbonyl (C=O) groups is 1. The van der Waals surface area contributed by atoms with Crippen molar-refractivity contribution in [1.82, 2.24) is 10.2 Å². The summed E-state index contributed by atoms with van der Waals surface area (Å²) in [5, 5.41) is 14.2. The maximum Gasteiger partial charge on any atom is 0.230 e. The van der Waals surface area contributed by atoms with Gasteiger partial charge in [0.05, 0.1) is 19.2 Å². The Morgan fingerprint density at radius 3 is 2.44 bits per heavy atom. The highest BCUT2D eigenvalue weighted by Gasteiger charge is 2.08. The predicted octanol–water partition coefficient (Wildman–Crippen LogP) is 4.03. The number of amides is 1. The average Bonchev–Trinajstić information content (AvgIpc) is 2.65. The van der Waals surface area contributed by atoms with Gasteiger partial charge in [0.2, 0.25) is 5.91 Å². The van der Waals surface area contributed by atoms with Crippen molar-refractivity contribution in [3.05, 3.63) is 71.3 Å². The van der Waals surface area contributed by atoms with Crippen molar-refractivity contribution in [2.75, 3.05) is 17.7 Å². The van der Waals surface area contributed by atoms with Gasteiger partial charge in [-0.1, -0.05) is 30.3 Å². The molecule has 2 aromatic carbocycles. The number of hydrogen-bond acceptors (Lipinski definition) is 5. The van der Waals surface area contributed by atoms with Crippen molar-refractivity contribution >= 4 is 23.2 Å². The third kappa shape index (κ3) is 4.82. The highest BCUT2D eigenvalue weighted by atomic mass is 16.5. The van der Waals surface area contributed by atoms with Crippen molar-refractivity contribution in [3.8, 4) is 5.75 Å². The van der Waals surface area contributed by atoms with E-state index in [0.717, 1.165) is 28.1 Å². The van der Waals surface area contributed by atoms with E-state index in [-0.39, 0.29) is 5.91 Å². The number of aromatic nitrogens is 2. The van der Waals surface area contributed by atoms with Crippen molar-refractivity contribution in [2.45, 2.75) is 20.3 Å². The van der Waals surface area contributed by atoms with E-state index in [2.05, 4.69) is 20.8 Å². The molecule has 0 bridgehead atoms. The third-order valence-corrected chi connectivity index (χ3v) is 4.16. The first-order valence-corrected chi connectivity index (χ1v) is 8.65. The van der Waals surface area contributed by atoms with Crippen LogP contribution in [-0.2, 0) is 11.2 Å². The topological polar surface area (TPSA) is 76.1 Å². The van der Waals surface area contributed by atoms with E-state index >= 15 is 0 Å². The highest BCUT2D eigenvalue weighted by Crippen LogP contribution is 2.27. The van der Waals surface area contributed by atoms with Crippen LogP contribution in [0.25, 0.3) is 0 Å². The van der Waals surface area contributed by atoms with Crippen LogP contribution in [0.2, 0.25) is 0 Å². The molecule has 1 aromatic heterocycles. The van der Waals surface area contributed by atoms with Gasteiger partial charge in [-0.15, -0.1) is 10.2 Å². The quantitative estimate of drug-likeness (QED) is 0.692. The molecule has 0 saturated carbocycles. The minimum atomic E-state index is -0.125. The molecule has 2 N–H and O–H groups in total. The van der Waals surface area contributed by atoms with Gasteiger partial charge in [0.1, 0.15) is 5.75 Å². The number of anilines is 3. The fourth-order valence-corrected chi connectivity index (χ4v) is 2.69. The number of nitrogens with one attached hydrogen (secondary N) is 2. The smallest absolute Gasteiger partial charge is 0.230 e. The largest absolute Gasteiger partial charge is 0.495 e. The maximum absolute atomic E-state index is 12.2. The van der Waals surface area contributed by atoms with Crippen LogP contribution in [0.15, 0.2) is 54.6 Å². The van der Waals surface area contributed by atoms with Crippen LogP contribution in [0.4, 0.5) is 17.3 Å². The van der Waals surface area contributed by atoms with Crippen LogP contribution in [0.3, 0.4) is 0 Å². The summed E-state index contributed by atoms with van der Waals surface area (Å²) in [5.41, 5.74) is 3.99. The van der Waals surface area contributed by atoms with Gasteiger partial charge in [0.15, 0.2) is 11.6 Å². The second kappa shape index (κ2) is 8.31. The number of methoxy groups -OCH3 is 1. The Hall–Kier alpha value is -3.41. The van der Waals surface area contributed by atoms with Crippen molar-refractivity contribution in [2.24, 2.45) is 0 Å². The zero-order valence-electron chi connectivity index (χ0n) is 15.6. The number of hydrogen-bond donors (Lipinski definition) is 2. The number of nitrogens with zero attached hydrogens (tertiary/aromatic N) is 2. The highest BCUT2D eigenvalue weighted by molar-refractivity contribution is 5.91. The molecular weight excluding hydrogens is 340 g/mol. The summed E-state index contributed by atoms with van der Waals surface area (Å²) in [6.07, 6.45) is 0.300. The molecule has 0 unspecified atom stereocenters. The lowest BCUT2D eigenvalue weighted by molar-refractivity contribution is -0.115. The number of carbonyl (C=O) groups excluding carboxylic acids is 1. The summed E-state index contributed by atoms with van der Waals surface area (Å²) >= 11 is 0. The van der Waals surface area contributed by atoms with Gasteiger partial charge in [-0.25, -0.2) is 0 Å². The maximum atomic E-state index is 12.2. The lowest BCUT2D eigenvalue weighted by Gasteiger charge is -2.11. The molecule has 0 aliphatic rings. The van der Waals surface area contributed by atoms with Gasteiger partial charge in [0.25, 0.3) is 0 Å². The molecule has 1 heterocycles. The summed E-state index contributed by atoms with van der Waals surface area (Å²) < 4.78 is 5.35. The summed E-state index contributed by atoms with van der Waals surface area (Å²) in [4.78, 5) is 12.2. The number of benzene rings is 2. The summed E-state index contributed by atoms with van der Waals surface area (Å²) in [6, 6.07) is 17.1. The Morgan fingerprint density at radius 2 is 1.74 bits per heavy atom. The van der Waals surface area contributed by atoms with E-state index in [4.69, 9.17) is 4.74 Å². The Morgan fingerprint density at radius 1 is 1.00 bits per heavy atom. The number of ether oxygens (including phenoxy) is 1. The number of aryl methyl sites for hydroxylation is 2. The van der Waals surface area contributed by atoms with E-state index in [0.29, 0.717) is 18.1 Å². The van der Waals surface area contributed by atoms with Gasteiger partial charge < -0.3 is 15.4 Å². The summed E-state index contributed by atoms with van der Waals surface area (Å²) in [7, 11) is 1.62. The Labute approximate surface area is 158 Å². The van der Waals surface area contributed by atoms with Gasteiger partial charge >= 0.3 is 0 Å². The van der Waals surface area contributed by atoms with E-state index in [1.807, 2.05) is 56.3 Å². The Balaban J connectivity index is 1.64. The minimum Gasteiger partial charge on any atom is -0.495 e. The first kappa shape index (κ1) is 18.4. The molecule has 3 rings (SSSR count). The molecule has 27 heavy (non-hydrogen) atoms. The molecular formula is C21H22N4O2. The van der Waals surface area contributed by atoms with Gasteiger partial charge in [-0.05, 0) is 54.8 Å². The van der Waals surface area contributed by atoms with Crippen molar-refractivity contribution in [3.63, 3.8) is 0 Å². The zero-order valence-corrected chi connectivity index (χ0v) is 15.6. The number of rotatable bonds is 6. The van der Waals surface area contributed by atoms with Crippen LogP contribution in [0, 0.1) is 13.8 Å². The molecule has 0 aliphatic carbocycles. The molecule has 0 fully saturated rings. The van der Waals surface area contributed by atoms with Crippen LogP contribution < -0.4 is 15.4 Å². The zero-order chi connectivity index (χ0) is 19.2. The summed E-state index contributed by atoms with van der Waals surface area (Å²) in [5.74, 6) is 1.57. The lowest BCUT2D eigenvalue weighted by Crippen LogP contribution is -2.16. The summed E-state index contributed by atoms with van der Waals surface area (Å²) in [6.45, 7) is 3.99. The first-order valence-electron chi connectivity index (χ1n) is 8.65. The van der Waals surface area contributed by atoms with Gasteiger partial charge in [0, 0.05) is 0 Å². The predicted molar refractivity (Wildman–Crippen MR) is 107 cm³/mol. The second-order valence-electron chi connectivity index (χ2n) is 6.28. The van der Waals surface area contributed by atoms with Crippen LogP contribution >= 0.6 is 0 Å². The molecule has 3 aromatic rings. The second-order valence-corrected chi connectivity index (χ2v) is 6.28. The van der Waals surface area contributed by atoms with E-state index in [1.165, 1.54) is 0 Å². The third-order valence-electron chi connectivity index (χ3n) is 4.16. The molecule has 0 saturated heterocycles. The van der Waals surface area contributed by atoms with E-state index in [9.17, 15) is 4.79 Å². The molecule has 138 valence electrons. The van der Waals surface area contributed by atoms with Crippen molar-refractivity contribution < 1.29 is 9.53 Å². The Kier molecular flexibility index (Phi) is 5.66. The average molecular weight is 362 g/mol. The van der Waals surface area contributed by atoms with Crippen LogP contribution in [0.1, 0.15) is 16.7 Å². The van der Waals surface area contributed by atoms with E-state index in [1.54, 1.807) is 19.2 Å². The van der Waals surface area contributed by atoms with Crippen LogP contribution in [0.5, 0.6) is 5.75 Å². The van der Waals surface area contributed by atoms with E-state index < -0.39 is 0 Å². The Bertz CT molecular complexity index is 939. The minimum absolute atomic E-state index is 0.125. The molecule has 0 aliphatic heterocycles. The van der Waals surface area contributed by atoms with Gasteiger partial charge in [-0.2, -0.15) is 0 Å². The van der Waals surface area contributed by atoms with Crippen LogP contribution in [-0.4, -0.2) is 23.2 Å². The molecule has 0 radical (unpaired) electrons. The molecule has 6 heteroatoms. The fraction of sp³-hybridized carbons (Fsp3) is 0.190. The molecule has 0 spiro atoms. The SMILES string of the molecule is COc1ccc(C)cc1Nc1ccc(NC(=O)Cc2ccccc2C)nn1. The molecule has 1 amide bonds. The normalized spacial score (nSPS) is 10.3. The monoisotopic (exact) mass is 362 g/mol.